The molecule has 3 N–H and O–H groups in total. The first-order valence-electron chi connectivity index (χ1n) is 8.82. The van der Waals surface area contributed by atoms with Gasteiger partial charge < -0.3 is 11.1 Å². The van der Waals surface area contributed by atoms with Gasteiger partial charge in [-0.15, -0.1) is 11.3 Å². The molecule has 1 aromatic carbocycles. The molecule has 0 aliphatic heterocycles. The number of benzene rings is 1. The van der Waals surface area contributed by atoms with E-state index in [2.05, 4.69) is 34.2 Å². The minimum atomic E-state index is -0.187. The zero-order valence-corrected chi connectivity index (χ0v) is 16.9. The Labute approximate surface area is 164 Å². The van der Waals surface area contributed by atoms with Gasteiger partial charge in [0.2, 0.25) is 0 Å². The molecule has 0 fully saturated rings. The summed E-state index contributed by atoms with van der Waals surface area (Å²) in [4.78, 5) is 18.9. The molecule has 2 heterocycles. The van der Waals surface area contributed by atoms with Gasteiger partial charge in [-0.1, -0.05) is 35.3 Å². The molecule has 1 aliphatic carbocycles. The lowest BCUT2D eigenvalue weighted by Crippen LogP contribution is -2.14. The van der Waals surface area contributed by atoms with Crippen LogP contribution in [0.1, 0.15) is 40.7 Å². The second-order valence-corrected chi connectivity index (χ2v) is 8.69. The van der Waals surface area contributed by atoms with Gasteiger partial charge in [-0.2, -0.15) is 0 Å². The molecule has 0 spiro atoms. The Balaban J connectivity index is 1.68. The van der Waals surface area contributed by atoms with Crippen LogP contribution in [0, 0.1) is 5.92 Å². The quantitative estimate of drug-likeness (QED) is 0.584. The molecule has 1 aliphatic rings. The van der Waals surface area contributed by atoms with Gasteiger partial charge in [0.25, 0.3) is 5.91 Å². The highest BCUT2D eigenvalue weighted by Crippen LogP contribution is 2.37. The van der Waals surface area contributed by atoms with E-state index in [0.717, 1.165) is 39.1 Å². The fourth-order valence-corrected chi connectivity index (χ4v) is 4.93. The van der Waals surface area contributed by atoms with E-state index >= 15 is 0 Å². The van der Waals surface area contributed by atoms with Crippen LogP contribution in [-0.2, 0) is 12.8 Å². The predicted octanol–water partition coefficient (Wildman–Crippen LogP) is 5.41. The summed E-state index contributed by atoms with van der Waals surface area (Å²) in [6.07, 6.45) is 4.46. The molecule has 0 bridgehead atoms. The third-order valence-corrected chi connectivity index (χ3v) is 6.66. The van der Waals surface area contributed by atoms with E-state index in [1.807, 2.05) is 24.3 Å². The van der Waals surface area contributed by atoms with Crippen LogP contribution in [0.5, 0.6) is 0 Å². The van der Waals surface area contributed by atoms with Crippen molar-refractivity contribution >= 4 is 54.8 Å². The first-order valence-corrected chi connectivity index (χ1v) is 10.4. The number of fused-ring (bicyclic) bond motifs is 2. The zero-order valence-electron chi connectivity index (χ0n) is 14.5. The molecular weight excluding hydrogens is 410 g/mol. The molecule has 4 rings (SSSR count). The van der Waals surface area contributed by atoms with E-state index in [1.165, 1.54) is 35.4 Å². The summed E-state index contributed by atoms with van der Waals surface area (Å²) in [5.41, 5.74) is 10.1. The second kappa shape index (κ2) is 7.00. The zero-order chi connectivity index (χ0) is 18.3. The molecule has 6 heteroatoms. The van der Waals surface area contributed by atoms with Crippen molar-refractivity contribution in [2.45, 2.75) is 32.6 Å². The van der Waals surface area contributed by atoms with Gasteiger partial charge in [-0.05, 0) is 55.0 Å². The largest absolute Gasteiger partial charge is 0.397 e. The molecule has 2 aromatic heterocycles. The summed E-state index contributed by atoms with van der Waals surface area (Å²) in [5.74, 6) is 0.536. The van der Waals surface area contributed by atoms with Gasteiger partial charge in [-0.25, -0.2) is 4.98 Å². The maximum Gasteiger partial charge on any atom is 0.267 e. The summed E-state index contributed by atoms with van der Waals surface area (Å²) >= 11 is 4.79. The SMILES string of the molecule is CCC1CCc2nc3sc(C(=O)Nc4cccc(Br)c4)c(N)c3cc2C1. The Morgan fingerprint density at radius 2 is 2.27 bits per heavy atom. The Kier molecular flexibility index (Phi) is 4.71. The first kappa shape index (κ1) is 17.5. The second-order valence-electron chi connectivity index (χ2n) is 6.77. The number of pyridine rings is 1. The summed E-state index contributed by atoms with van der Waals surface area (Å²) < 4.78 is 0.916. The van der Waals surface area contributed by atoms with Crippen molar-refractivity contribution in [2.75, 3.05) is 11.1 Å². The molecule has 0 saturated carbocycles. The van der Waals surface area contributed by atoms with Crippen LogP contribution in [0.2, 0.25) is 0 Å². The lowest BCUT2D eigenvalue weighted by atomic mass is 9.85. The minimum Gasteiger partial charge on any atom is -0.397 e. The molecule has 1 atom stereocenters. The number of carbonyl (C=O) groups is 1. The number of nitrogens with one attached hydrogen (secondary N) is 1. The Bertz CT molecular complexity index is 998. The predicted molar refractivity (Wildman–Crippen MR) is 112 cm³/mol. The van der Waals surface area contributed by atoms with Gasteiger partial charge >= 0.3 is 0 Å². The number of rotatable bonds is 3. The normalized spacial score (nSPS) is 16.5. The minimum absolute atomic E-state index is 0.187. The van der Waals surface area contributed by atoms with Crippen molar-refractivity contribution < 1.29 is 4.79 Å². The monoisotopic (exact) mass is 429 g/mol. The van der Waals surface area contributed by atoms with Crippen LogP contribution >= 0.6 is 27.3 Å². The highest BCUT2D eigenvalue weighted by molar-refractivity contribution is 9.10. The number of amides is 1. The lowest BCUT2D eigenvalue weighted by Gasteiger charge is -2.22. The van der Waals surface area contributed by atoms with E-state index in [1.54, 1.807) is 0 Å². The molecular formula is C20H20BrN3OS. The highest BCUT2D eigenvalue weighted by atomic mass is 79.9. The number of nitrogens with two attached hydrogens (primary N) is 1. The van der Waals surface area contributed by atoms with Crippen LogP contribution in [0.25, 0.3) is 10.2 Å². The molecule has 0 saturated heterocycles. The Morgan fingerprint density at radius 1 is 1.42 bits per heavy atom. The van der Waals surface area contributed by atoms with E-state index in [0.29, 0.717) is 10.6 Å². The Morgan fingerprint density at radius 3 is 3.04 bits per heavy atom. The maximum absolute atomic E-state index is 12.7. The van der Waals surface area contributed by atoms with Crippen LogP contribution in [-0.4, -0.2) is 10.9 Å². The summed E-state index contributed by atoms with van der Waals surface area (Å²) in [7, 11) is 0. The molecule has 0 radical (unpaired) electrons. The summed E-state index contributed by atoms with van der Waals surface area (Å²) in [6.45, 7) is 2.24. The van der Waals surface area contributed by atoms with Crippen molar-refractivity contribution in [3.8, 4) is 0 Å². The van der Waals surface area contributed by atoms with Crippen molar-refractivity contribution in [2.24, 2.45) is 5.92 Å². The van der Waals surface area contributed by atoms with Crippen LogP contribution in [0.15, 0.2) is 34.8 Å². The number of nitrogens with zero attached hydrogens (tertiary/aromatic N) is 1. The number of nitrogen functional groups attached to an aromatic ring is 1. The average Bonchev–Trinajstić information content (AvgIpc) is 2.95. The van der Waals surface area contributed by atoms with Gasteiger partial charge in [0.05, 0.1) is 5.69 Å². The Hall–Kier alpha value is -1.92. The standard InChI is InChI=1S/C20H20BrN3OS/c1-2-11-6-7-16-12(8-11)9-15-17(22)18(26-20(15)24-16)19(25)23-14-5-3-4-13(21)10-14/h3-5,9-11H,2,6-8,22H2,1H3,(H,23,25). The number of aryl methyl sites for hydroxylation is 1. The molecule has 26 heavy (non-hydrogen) atoms. The number of anilines is 2. The molecule has 1 amide bonds. The summed E-state index contributed by atoms with van der Waals surface area (Å²) in [5, 5.41) is 3.83. The molecule has 4 nitrogen and oxygen atoms in total. The molecule has 1 unspecified atom stereocenters. The maximum atomic E-state index is 12.7. The number of thiophene rings is 1. The van der Waals surface area contributed by atoms with Crippen LogP contribution in [0.3, 0.4) is 0 Å². The van der Waals surface area contributed by atoms with Crippen molar-refractivity contribution in [3.63, 3.8) is 0 Å². The topological polar surface area (TPSA) is 68.0 Å². The van der Waals surface area contributed by atoms with Gasteiger partial charge in [-0.3, -0.25) is 4.79 Å². The van der Waals surface area contributed by atoms with E-state index in [4.69, 9.17) is 10.7 Å². The van der Waals surface area contributed by atoms with E-state index < -0.39 is 0 Å². The van der Waals surface area contributed by atoms with Crippen LogP contribution in [0.4, 0.5) is 11.4 Å². The van der Waals surface area contributed by atoms with Crippen molar-refractivity contribution in [1.29, 1.82) is 0 Å². The molecule has 134 valence electrons. The molecule has 3 aromatic rings. The third kappa shape index (κ3) is 3.23. The lowest BCUT2D eigenvalue weighted by molar-refractivity contribution is 0.103. The third-order valence-electron chi connectivity index (χ3n) is 5.05. The van der Waals surface area contributed by atoms with Crippen LogP contribution < -0.4 is 11.1 Å². The number of hydrogen-bond donors (Lipinski definition) is 2. The fourth-order valence-electron chi connectivity index (χ4n) is 3.54. The van der Waals surface area contributed by atoms with E-state index in [9.17, 15) is 4.79 Å². The highest BCUT2D eigenvalue weighted by Gasteiger charge is 2.23. The van der Waals surface area contributed by atoms with Gasteiger partial charge in [0, 0.05) is 21.2 Å². The first-order chi connectivity index (χ1) is 12.5. The van der Waals surface area contributed by atoms with Gasteiger partial charge in [0.1, 0.15) is 9.71 Å². The fraction of sp³-hybridized carbons (Fsp3) is 0.300. The van der Waals surface area contributed by atoms with Crippen molar-refractivity contribution in [1.82, 2.24) is 4.98 Å². The number of halogens is 1. The summed E-state index contributed by atoms with van der Waals surface area (Å²) in [6, 6.07) is 9.67. The smallest absolute Gasteiger partial charge is 0.267 e. The van der Waals surface area contributed by atoms with E-state index in [-0.39, 0.29) is 5.91 Å². The number of hydrogen-bond acceptors (Lipinski definition) is 4. The van der Waals surface area contributed by atoms with Crippen molar-refractivity contribution in [3.05, 3.63) is 50.9 Å². The number of aromatic nitrogens is 1. The average molecular weight is 430 g/mol. The number of carbonyl (C=O) groups excluding carboxylic acids is 1. The van der Waals surface area contributed by atoms with Gasteiger partial charge in [0.15, 0.2) is 0 Å².